The fraction of sp³-hybridized carbons (Fsp3) is 0.0667. The number of anilines is 1. The van der Waals surface area contributed by atoms with Gasteiger partial charge in [-0.05, 0) is 24.3 Å². The molecule has 0 saturated carbocycles. The lowest BCUT2D eigenvalue weighted by Gasteiger charge is -2.07. The molecule has 2 N–H and O–H groups in total. The fourth-order valence-corrected chi connectivity index (χ4v) is 2.32. The number of carbonyl (C=O) groups excluding carboxylic acids is 2. The molecule has 0 aliphatic carbocycles. The lowest BCUT2D eigenvalue weighted by Crippen LogP contribution is -2.35. The van der Waals surface area contributed by atoms with E-state index in [0.29, 0.717) is 4.90 Å². The molecule has 4 nitrogen and oxygen atoms in total. The number of rotatable bonds is 4. The van der Waals surface area contributed by atoms with Gasteiger partial charge in [-0.2, -0.15) is 0 Å². The molecule has 0 aliphatic rings. The molecule has 0 saturated heterocycles. The van der Waals surface area contributed by atoms with Gasteiger partial charge in [-0.25, -0.2) is 13.6 Å². The van der Waals surface area contributed by atoms with Gasteiger partial charge in [0.25, 0.3) is 0 Å². The van der Waals surface area contributed by atoms with Crippen molar-refractivity contribution in [2.45, 2.75) is 4.90 Å². The van der Waals surface area contributed by atoms with Crippen LogP contribution in [0.25, 0.3) is 0 Å². The van der Waals surface area contributed by atoms with Gasteiger partial charge in [-0.15, -0.1) is 11.8 Å². The molecule has 22 heavy (non-hydrogen) atoms. The van der Waals surface area contributed by atoms with E-state index >= 15 is 0 Å². The van der Waals surface area contributed by atoms with Gasteiger partial charge in [0, 0.05) is 4.90 Å². The van der Waals surface area contributed by atoms with Gasteiger partial charge >= 0.3 is 6.03 Å². The molecule has 0 atom stereocenters. The van der Waals surface area contributed by atoms with Crippen molar-refractivity contribution in [3.05, 3.63) is 60.2 Å². The quantitative estimate of drug-likeness (QED) is 0.848. The zero-order valence-corrected chi connectivity index (χ0v) is 12.1. The highest BCUT2D eigenvalue weighted by Gasteiger charge is 2.11. The molecule has 0 spiro atoms. The number of imide groups is 1. The standard InChI is InChI=1S/C15H12F2N2O2S/c16-10-5-1-3-7-12(10)18-15(21)19-14(20)9-22-13-8-4-2-6-11(13)17/h1-8H,9H2,(H2,18,19,20,21). The van der Waals surface area contributed by atoms with Crippen LogP contribution in [-0.4, -0.2) is 17.7 Å². The summed E-state index contributed by atoms with van der Waals surface area (Å²) >= 11 is 0.965. The molecular weight excluding hydrogens is 310 g/mol. The number of urea groups is 1. The summed E-state index contributed by atoms with van der Waals surface area (Å²) in [6.07, 6.45) is 0. The molecule has 0 aliphatic heterocycles. The number of halogens is 2. The van der Waals surface area contributed by atoms with Crippen molar-refractivity contribution in [2.75, 3.05) is 11.1 Å². The number of benzene rings is 2. The number of amides is 3. The third-order valence-corrected chi connectivity index (χ3v) is 3.62. The van der Waals surface area contributed by atoms with E-state index in [1.165, 1.54) is 30.3 Å². The second-order valence-corrected chi connectivity index (χ2v) is 5.22. The van der Waals surface area contributed by atoms with Gasteiger partial charge in [0.15, 0.2) is 0 Å². The van der Waals surface area contributed by atoms with Crippen LogP contribution in [0, 0.1) is 11.6 Å². The second-order valence-electron chi connectivity index (χ2n) is 4.20. The molecule has 2 aromatic rings. The molecular formula is C15H12F2N2O2S. The Bertz CT molecular complexity index is 695. The minimum Gasteiger partial charge on any atom is -0.305 e. The van der Waals surface area contributed by atoms with Crippen LogP contribution in [0.5, 0.6) is 0 Å². The number of thioether (sulfide) groups is 1. The Morgan fingerprint density at radius 3 is 2.27 bits per heavy atom. The summed E-state index contributed by atoms with van der Waals surface area (Å²) in [7, 11) is 0. The molecule has 2 rings (SSSR count). The third-order valence-electron chi connectivity index (χ3n) is 2.57. The van der Waals surface area contributed by atoms with Crippen molar-refractivity contribution in [1.29, 1.82) is 0 Å². The number of hydrogen-bond acceptors (Lipinski definition) is 3. The Morgan fingerprint density at radius 1 is 0.955 bits per heavy atom. The monoisotopic (exact) mass is 322 g/mol. The van der Waals surface area contributed by atoms with Crippen molar-refractivity contribution in [2.24, 2.45) is 0 Å². The van der Waals surface area contributed by atoms with E-state index in [0.717, 1.165) is 11.8 Å². The summed E-state index contributed by atoms with van der Waals surface area (Å²) < 4.78 is 26.7. The lowest BCUT2D eigenvalue weighted by atomic mass is 10.3. The highest BCUT2D eigenvalue weighted by atomic mass is 32.2. The van der Waals surface area contributed by atoms with Crippen molar-refractivity contribution in [3.63, 3.8) is 0 Å². The average Bonchev–Trinajstić information content (AvgIpc) is 2.49. The molecule has 0 fully saturated rings. The zero-order valence-electron chi connectivity index (χ0n) is 11.3. The maximum Gasteiger partial charge on any atom is 0.325 e. The van der Waals surface area contributed by atoms with Gasteiger partial charge in [-0.3, -0.25) is 10.1 Å². The van der Waals surface area contributed by atoms with E-state index in [2.05, 4.69) is 5.32 Å². The topological polar surface area (TPSA) is 58.2 Å². The van der Waals surface area contributed by atoms with Crippen molar-refractivity contribution < 1.29 is 18.4 Å². The van der Waals surface area contributed by atoms with Crippen LogP contribution in [0.4, 0.5) is 19.3 Å². The third kappa shape index (κ3) is 4.56. The van der Waals surface area contributed by atoms with E-state index in [4.69, 9.17) is 0 Å². The summed E-state index contributed by atoms with van der Waals surface area (Å²) in [6.45, 7) is 0. The van der Waals surface area contributed by atoms with Crippen LogP contribution >= 0.6 is 11.8 Å². The molecule has 2 aromatic carbocycles. The summed E-state index contributed by atoms with van der Waals surface area (Å²) in [5, 5.41) is 4.27. The smallest absolute Gasteiger partial charge is 0.305 e. The molecule has 0 bridgehead atoms. The largest absolute Gasteiger partial charge is 0.325 e. The van der Waals surface area contributed by atoms with Crippen LogP contribution in [0.15, 0.2) is 53.4 Å². The van der Waals surface area contributed by atoms with Gasteiger partial charge in [0.05, 0.1) is 11.4 Å². The Labute approximate surface area is 129 Å². The first kappa shape index (κ1) is 16.0. The van der Waals surface area contributed by atoms with E-state index in [-0.39, 0.29) is 11.4 Å². The van der Waals surface area contributed by atoms with E-state index < -0.39 is 23.6 Å². The lowest BCUT2D eigenvalue weighted by molar-refractivity contribution is -0.117. The predicted octanol–water partition coefficient (Wildman–Crippen LogP) is 3.41. The number of para-hydroxylation sites is 1. The number of nitrogens with one attached hydrogen (secondary N) is 2. The minimum absolute atomic E-state index is 0.0328. The molecule has 0 unspecified atom stereocenters. The first-order chi connectivity index (χ1) is 10.6. The summed E-state index contributed by atoms with van der Waals surface area (Å²) in [4.78, 5) is 23.5. The SMILES string of the molecule is O=C(CSc1ccccc1F)NC(=O)Nc1ccccc1F. The summed E-state index contributed by atoms with van der Waals surface area (Å²) in [5.41, 5.74) is -0.0328. The van der Waals surface area contributed by atoms with Crippen molar-refractivity contribution in [3.8, 4) is 0 Å². The molecule has 7 heteroatoms. The molecule has 114 valence electrons. The normalized spacial score (nSPS) is 10.1. The fourth-order valence-electron chi connectivity index (χ4n) is 1.58. The van der Waals surface area contributed by atoms with Crippen LogP contribution in [0.3, 0.4) is 0 Å². The highest BCUT2D eigenvalue weighted by Crippen LogP contribution is 2.20. The first-order valence-electron chi connectivity index (χ1n) is 6.29. The minimum atomic E-state index is -0.843. The summed E-state index contributed by atoms with van der Waals surface area (Å²) in [5.74, 6) is -1.78. The maximum absolute atomic E-state index is 13.4. The van der Waals surface area contributed by atoms with E-state index in [1.54, 1.807) is 18.2 Å². The van der Waals surface area contributed by atoms with Crippen molar-refractivity contribution in [1.82, 2.24) is 5.32 Å². The molecule has 3 amide bonds. The van der Waals surface area contributed by atoms with Crippen LogP contribution in [-0.2, 0) is 4.79 Å². The van der Waals surface area contributed by atoms with Crippen LogP contribution in [0.2, 0.25) is 0 Å². The Morgan fingerprint density at radius 2 is 1.59 bits per heavy atom. The van der Waals surface area contributed by atoms with Crippen LogP contribution in [0.1, 0.15) is 0 Å². The highest BCUT2D eigenvalue weighted by molar-refractivity contribution is 8.00. The van der Waals surface area contributed by atoms with E-state index in [1.807, 2.05) is 5.32 Å². The molecule has 0 radical (unpaired) electrons. The van der Waals surface area contributed by atoms with E-state index in [9.17, 15) is 18.4 Å². The van der Waals surface area contributed by atoms with Gasteiger partial charge in [-0.1, -0.05) is 24.3 Å². The zero-order chi connectivity index (χ0) is 15.9. The summed E-state index contributed by atoms with van der Waals surface area (Å²) in [6, 6.07) is 10.7. The second kappa shape index (κ2) is 7.56. The van der Waals surface area contributed by atoms with Crippen molar-refractivity contribution >= 4 is 29.4 Å². The van der Waals surface area contributed by atoms with Gasteiger partial charge in [0.1, 0.15) is 11.6 Å². The number of carbonyl (C=O) groups is 2. The molecule has 0 heterocycles. The van der Waals surface area contributed by atoms with Crippen LogP contribution < -0.4 is 10.6 Å². The average molecular weight is 322 g/mol. The maximum atomic E-state index is 13.4. The number of hydrogen-bond donors (Lipinski definition) is 2. The Hall–Kier alpha value is -2.41. The molecule has 0 aromatic heterocycles. The first-order valence-corrected chi connectivity index (χ1v) is 7.27. The Kier molecular flexibility index (Phi) is 5.48. The predicted molar refractivity (Wildman–Crippen MR) is 80.7 cm³/mol. The van der Waals surface area contributed by atoms with Gasteiger partial charge in [0.2, 0.25) is 5.91 Å². The van der Waals surface area contributed by atoms with Gasteiger partial charge < -0.3 is 5.32 Å². The Balaban J connectivity index is 1.83.